The van der Waals surface area contributed by atoms with Crippen LogP contribution in [0.3, 0.4) is 0 Å². The van der Waals surface area contributed by atoms with Gasteiger partial charge in [-0.3, -0.25) is 10.1 Å². The molecule has 2 aromatic rings. The number of nitrogen functional groups attached to an aromatic ring is 1. The van der Waals surface area contributed by atoms with Crippen LogP contribution in [0, 0.1) is 6.92 Å². The molecule has 0 fully saturated rings. The first-order chi connectivity index (χ1) is 10.1. The van der Waals surface area contributed by atoms with Crippen molar-refractivity contribution in [3.63, 3.8) is 0 Å². The molecule has 0 radical (unpaired) electrons. The molecule has 0 aliphatic carbocycles. The maximum absolute atomic E-state index is 12.1. The first kappa shape index (κ1) is 13.5. The molecular weight excluding hydrogens is 268 g/mol. The van der Waals surface area contributed by atoms with Gasteiger partial charge in [0.2, 0.25) is 11.8 Å². The number of carbonyl (C=O) groups excluding carboxylic acids is 1. The monoisotopic (exact) mass is 286 g/mol. The zero-order valence-corrected chi connectivity index (χ0v) is 11.9. The van der Waals surface area contributed by atoms with Gasteiger partial charge in [0.05, 0.1) is 12.2 Å². The number of hydrogen-bond acceptors (Lipinski definition) is 5. The van der Waals surface area contributed by atoms with Crippen LogP contribution in [-0.2, 0) is 11.2 Å². The SMILES string of the molecule is Cc1cc(NC(=O)CN2CCCc3c(N)cccc32)on1. The number of nitrogens with zero attached hydrogens (tertiary/aromatic N) is 2. The quantitative estimate of drug-likeness (QED) is 0.843. The largest absolute Gasteiger partial charge is 0.398 e. The summed E-state index contributed by atoms with van der Waals surface area (Å²) in [6.07, 6.45) is 1.96. The van der Waals surface area contributed by atoms with E-state index in [2.05, 4.69) is 10.5 Å². The molecule has 1 aliphatic rings. The maximum atomic E-state index is 12.1. The van der Waals surface area contributed by atoms with Crippen molar-refractivity contribution in [2.24, 2.45) is 0 Å². The molecule has 110 valence electrons. The number of fused-ring (bicyclic) bond motifs is 1. The molecule has 3 N–H and O–H groups in total. The van der Waals surface area contributed by atoms with Crippen molar-refractivity contribution in [1.29, 1.82) is 0 Å². The van der Waals surface area contributed by atoms with E-state index in [0.29, 0.717) is 5.88 Å². The van der Waals surface area contributed by atoms with Gasteiger partial charge in [-0.05, 0) is 37.5 Å². The fourth-order valence-corrected chi connectivity index (χ4v) is 2.66. The third kappa shape index (κ3) is 2.84. The number of carbonyl (C=O) groups is 1. The first-order valence-electron chi connectivity index (χ1n) is 6.99. The zero-order chi connectivity index (χ0) is 14.8. The van der Waals surface area contributed by atoms with Gasteiger partial charge < -0.3 is 15.2 Å². The van der Waals surface area contributed by atoms with E-state index in [0.717, 1.165) is 42.0 Å². The lowest BCUT2D eigenvalue weighted by Gasteiger charge is -2.31. The van der Waals surface area contributed by atoms with E-state index in [1.807, 2.05) is 30.0 Å². The van der Waals surface area contributed by atoms with Crippen LogP contribution in [0.15, 0.2) is 28.8 Å². The number of rotatable bonds is 3. The molecule has 6 nitrogen and oxygen atoms in total. The van der Waals surface area contributed by atoms with Crippen LogP contribution in [-0.4, -0.2) is 24.2 Å². The number of nitrogens with one attached hydrogen (secondary N) is 1. The lowest BCUT2D eigenvalue weighted by molar-refractivity contribution is -0.115. The number of aryl methyl sites for hydroxylation is 1. The van der Waals surface area contributed by atoms with E-state index in [9.17, 15) is 4.79 Å². The second-order valence-electron chi connectivity index (χ2n) is 5.25. The van der Waals surface area contributed by atoms with Crippen LogP contribution < -0.4 is 16.0 Å². The van der Waals surface area contributed by atoms with Gasteiger partial charge in [-0.1, -0.05) is 11.2 Å². The Kier molecular flexibility index (Phi) is 3.51. The summed E-state index contributed by atoms with van der Waals surface area (Å²) in [5.41, 5.74) is 9.72. The maximum Gasteiger partial charge on any atom is 0.246 e. The number of amides is 1. The van der Waals surface area contributed by atoms with Crippen molar-refractivity contribution < 1.29 is 9.32 Å². The molecule has 0 bridgehead atoms. The highest BCUT2D eigenvalue weighted by Gasteiger charge is 2.20. The van der Waals surface area contributed by atoms with Crippen LogP contribution in [0.5, 0.6) is 0 Å². The summed E-state index contributed by atoms with van der Waals surface area (Å²) in [5, 5.41) is 6.46. The van der Waals surface area contributed by atoms with Gasteiger partial charge in [0.1, 0.15) is 0 Å². The van der Waals surface area contributed by atoms with E-state index in [1.165, 1.54) is 0 Å². The third-order valence-electron chi connectivity index (χ3n) is 3.61. The standard InChI is InChI=1S/C15H18N4O2/c1-10-8-15(21-18-10)17-14(20)9-19-7-3-4-11-12(16)5-2-6-13(11)19/h2,5-6,8H,3-4,7,9,16H2,1H3,(H,17,20). The third-order valence-corrected chi connectivity index (χ3v) is 3.61. The summed E-state index contributed by atoms with van der Waals surface area (Å²) in [7, 11) is 0. The highest BCUT2D eigenvalue weighted by atomic mass is 16.5. The van der Waals surface area contributed by atoms with Crippen molar-refractivity contribution in [3.05, 3.63) is 35.5 Å². The van der Waals surface area contributed by atoms with Gasteiger partial charge in [-0.2, -0.15) is 0 Å². The van der Waals surface area contributed by atoms with Gasteiger partial charge in [-0.25, -0.2) is 0 Å². The molecule has 2 heterocycles. The molecule has 1 aliphatic heterocycles. The van der Waals surface area contributed by atoms with E-state index < -0.39 is 0 Å². The van der Waals surface area contributed by atoms with Crippen molar-refractivity contribution >= 4 is 23.2 Å². The van der Waals surface area contributed by atoms with E-state index in [1.54, 1.807) is 6.07 Å². The minimum Gasteiger partial charge on any atom is -0.398 e. The summed E-state index contributed by atoms with van der Waals surface area (Å²) < 4.78 is 4.99. The Morgan fingerprint density at radius 1 is 1.52 bits per heavy atom. The molecule has 1 amide bonds. The second-order valence-corrected chi connectivity index (χ2v) is 5.25. The molecule has 0 spiro atoms. The van der Waals surface area contributed by atoms with Crippen LogP contribution >= 0.6 is 0 Å². The van der Waals surface area contributed by atoms with Crippen LogP contribution in [0.25, 0.3) is 0 Å². The van der Waals surface area contributed by atoms with Crippen molar-refractivity contribution in [1.82, 2.24) is 5.16 Å². The number of anilines is 3. The number of hydrogen-bond donors (Lipinski definition) is 2. The van der Waals surface area contributed by atoms with Crippen LogP contribution in [0.4, 0.5) is 17.3 Å². The topological polar surface area (TPSA) is 84.4 Å². The van der Waals surface area contributed by atoms with E-state index in [-0.39, 0.29) is 12.5 Å². The molecular formula is C15H18N4O2. The van der Waals surface area contributed by atoms with E-state index >= 15 is 0 Å². The summed E-state index contributed by atoms with van der Waals surface area (Å²) in [5.74, 6) is 0.253. The Morgan fingerprint density at radius 3 is 3.14 bits per heavy atom. The Morgan fingerprint density at radius 2 is 2.38 bits per heavy atom. The molecule has 1 aromatic carbocycles. The second kappa shape index (κ2) is 5.47. The number of benzene rings is 1. The molecule has 6 heteroatoms. The Bertz CT molecular complexity index is 665. The average molecular weight is 286 g/mol. The van der Waals surface area contributed by atoms with Crippen molar-refractivity contribution in [2.45, 2.75) is 19.8 Å². The molecule has 3 rings (SSSR count). The van der Waals surface area contributed by atoms with Gasteiger partial charge >= 0.3 is 0 Å². The fourth-order valence-electron chi connectivity index (χ4n) is 2.66. The summed E-state index contributed by atoms with van der Waals surface area (Å²) >= 11 is 0. The minimum absolute atomic E-state index is 0.124. The Hall–Kier alpha value is -2.50. The predicted molar refractivity (Wildman–Crippen MR) is 81.3 cm³/mol. The molecule has 0 saturated heterocycles. The van der Waals surface area contributed by atoms with Gasteiger partial charge in [-0.15, -0.1) is 0 Å². The molecule has 0 unspecified atom stereocenters. The Balaban J connectivity index is 1.71. The smallest absolute Gasteiger partial charge is 0.246 e. The van der Waals surface area contributed by atoms with Crippen LogP contribution in [0.1, 0.15) is 17.7 Å². The fraction of sp³-hybridized carbons (Fsp3) is 0.333. The van der Waals surface area contributed by atoms with Crippen molar-refractivity contribution in [2.75, 3.05) is 29.0 Å². The zero-order valence-electron chi connectivity index (χ0n) is 11.9. The minimum atomic E-state index is -0.124. The van der Waals surface area contributed by atoms with Crippen LogP contribution in [0.2, 0.25) is 0 Å². The summed E-state index contributed by atoms with van der Waals surface area (Å²) in [6, 6.07) is 7.53. The van der Waals surface area contributed by atoms with Gasteiger partial charge in [0, 0.05) is 24.0 Å². The number of aromatic nitrogens is 1. The molecule has 0 saturated carbocycles. The summed E-state index contributed by atoms with van der Waals surface area (Å²) in [4.78, 5) is 14.2. The molecule has 1 aromatic heterocycles. The lowest BCUT2D eigenvalue weighted by atomic mass is 10.00. The first-order valence-corrected chi connectivity index (χ1v) is 6.99. The predicted octanol–water partition coefficient (Wildman–Crippen LogP) is 1.96. The van der Waals surface area contributed by atoms with E-state index in [4.69, 9.17) is 10.3 Å². The van der Waals surface area contributed by atoms with Gasteiger partial charge in [0.15, 0.2) is 0 Å². The normalized spacial score (nSPS) is 13.9. The lowest BCUT2D eigenvalue weighted by Crippen LogP contribution is -2.37. The Labute approximate surface area is 122 Å². The summed E-state index contributed by atoms with van der Waals surface area (Å²) in [6.45, 7) is 2.93. The highest BCUT2D eigenvalue weighted by molar-refractivity contribution is 5.93. The number of nitrogens with two attached hydrogens (primary N) is 1. The van der Waals surface area contributed by atoms with Crippen molar-refractivity contribution in [3.8, 4) is 0 Å². The highest BCUT2D eigenvalue weighted by Crippen LogP contribution is 2.30. The van der Waals surface area contributed by atoms with Gasteiger partial charge in [0.25, 0.3) is 0 Å². The molecule has 0 atom stereocenters. The average Bonchev–Trinajstić information content (AvgIpc) is 2.85. The molecule has 21 heavy (non-hydrogen) atoms.